The lowest BCUT2D eigenvalue weighted by molar-refractivity contribution is -0.136. The van der Waals surface area contributed by atoms with Crippen LogP contribution in [0.25, 0.3) is 0 Å². The highest BCUT2D eigenvalue weighted by Gasteiger charge is 2.24. The van der Waals surface area contributed by atoms with E-state index in [1.807, 2.05) is 30.3 Å². The highest BCUT2D eigenvalue weighted by atomic mass is 19.1. The summed E-state index contributed by atoms with van der Waals surface area (Å²) in [6.45, 7) is 0.0793. The quantitative estimate of drug-likeness (QED) is 0.650. The van der Waals surface area contributed by atoms with E-state index in [0.717, 1.165) is 11.1 Å². The summed E-state index contributed by atoms with van der Waals surface area (Å²) >= 11 is 0. The highest BCUT2D eigenvalue weighted by molar-refractivity contribution is 5.97. The van der Waals surface area contributed by atoms with Crippen molar-refractivity contribution < 1.29 is 14.0 Å². The number of hydrogen-bond donors (Lipinski definition) is 1. The van der Waals surface area contributed by atoms with Crippen molar-refractivity contribution in [3.63, 3.8) is 0 Å². The van der Waals surface area contributed by atoms with E-state index in [0.29, 0.717) is 0 Å². The number of amides is 2. The number of halogens is 1. The first-order valence-corrected chi connectivity index (χ1v) is 7.79. The number of hydrogen-bond acceptors (Lipinski definition) is 2. The van der Waals surface area contributed by atoms with Crippen molar-refractivity contribution in [2.45, 2.75) is 12.5 Å². The Labute approximate surface area is 146 Å². The van der Waals surface area contributed by atoms with E-state index < -0.39 is 11.9 Å². The Kier molecular flexibility index (Phi) is 6.30. The van der Waals surface area contributed by atoms with Gasteiger partial charge in [0.05, 0.1) is 12.6 Å². The van der Waals surface area contributed by atoms with Crippen LogP contribution < -0.4 is 5.32 Å². The molecule has 1 N–H and O–H groups in total. The Morgan fingerprint density at radius 2 is 1.72 bits per heavy atom. The number of nitrogens with zero attached hydrogens (tertiary/aromatic N) is 1. The third-order valence-electron chi connectivity index (χ3n) is 3.78. The second kappa shape index (κ2) is 8.65. The smallest absolute Gasteiger partial charge is 0.232 e. The van der Waals surface area contributed by atoms with Crippen LogP contribution in [0.15, 0.2) is 54.6 Å². The van der Waals surface area contributed by atoms with Crippen LogP contribution in [0.1, 0.15) is 23.6 Å². The fourth-order valence-corrected chi connectivity index (χ4v) is 2.54. The van der Waals surface area contributed by atoms with E-state index >= 15 is 0 Å². The summed E-state index contributed by atoms with van der Waals surface area (Å²) in [5, 5.41) is 2.47. The van der Waals surface area contributed by atoms with Crippen LogP contribution in [-0.4, -0.2) is 30.3 Å². The van der Waals surface area contributed by atoms with Crippen molar-refractivity contribution in [1.29, 1.82) is 0 Å². The predicted molar refractivity (Wildman–Crippen MR) is 93.9 cm³/mol. The van der Waals surface area contributed by atoms with Gasteiger partial charge in [0.1, 0.15) is 12.2 Å². The molecule has 0 unspecified atom stereocenters. The zero-order valence-electron chi connectivity index (χ0n) is 13.9. The van der Waals surface area contributed by atoms with Gasteiger partial charge in [0.2, 0.25) is 11.8 Å². The Morgan fingerprint density at radius 3 is 2.32 bits per heavy atom. The molecule has 1 atom stereocenters. The first kappa shape index (κ1) is 18.2. The molecule has 0 saturated heterocycles. The molecule has 0 bridgehead atoms. The van der Waals surface area contributed by atoms with E-state index in [1.165, 1.54) is 17.0 Å². The standard InChI is InChI=1S/C20H19FN2O2/c1-3-13-22-18(24)14-19(25)23(2)20(15-7-5-4-6-8-15)16-9-11-17(21)12-10-16/h1,4-12,20H,13-14H2,2H3,(H,22,24)/t20-/m0/s1. The van der Waals surface area contributed by atoms with Gasteiger partial charge < -0.3 is 10.2 Å². The van der Waals surface area contributed by atoms with E-state index in [9.17, 15) is 14.0 Å². The summed E-state index contributed by atoms with van der Waals surface area (Å²) < 4.78 is 13.3. The molecule has 5 heteroatoms. The van der Waals surface area contributed by atoms with Crippen LogP contribution in [0.4, 0.5) is 4.39 Å². The van der Waals surface area contributed by atoms with Crippen molar-refractivity contribution in [2.75, 3.05) is 13.6 Å². The maximum Gasteiger partial charge on any atom is 0.232 e. The molecule has 0 fully saturated rings. The van der Waals surface area contributed by atoms with Gasteiger partial charge in [-0.15, -0.1) is 6.42 Å². The number of carbonyl (C=O) groups excluding carboxylic acids is 2. The number of nitrogens with one attached hydrogen (secondary N) is 1. The number of benzene rings is 2. The fourth-order valence-electron chi connectivity index (χ4n) is 2.54. The van der Waals surface area contributed by atoms with Crippen LogP contribution in [0.5, 0.6) is 0 Å². The largest absolute Gasteiger partial charge is 0.345 e. The van der Waals surface area contributed by atoms with Gasteiger partial charge in [0, 0.05) is 7.05 Å². The van der Waals surface area contributed by atoms with Crippen molar-refractivity contribution in [3.8, 4) is 12.3 Å². The van der Waals surface area contributed by atoms with Gasteiger partial charge in [0.25, 0.3) is 0 Å². The molecule has 0 heterocycles. The maximum absolute atomic E-state index is 13.3. The Bertz CT molecular complexity index is 767. The molecule has 0 aliphatic rings. The molecule has 2 rings (SSSR count). The van der Waals surface area contributed by atoms with Crippen molar-refractivity contribution >= 4 is 11.8 Å². The molecule has 0 radical (unpaired) electrons. The zero-order chi connectivity index (χ0) is 18.2. The average Bonchev–Trinajstić information content (AvgIpc) is 2.62. The number of terminal acetylenes is 1. The summed E-state index contributed by atoms with van der Waals surface area (Å²) in [6, 6.07) is 14.9. The lowest BCUT2D eigenvalue weighted by Gasteiger charge is -2.29. The van der Waals surface area contributed by atoms with Gasteiger partial charge in [-0.25, -0.2) is 4.39 Å². The summed E-state index contributed by atoms with van der Waals surface area (Å²) in [5.41, 5.74) is 1.63. The van der Waals surface area contributed by atoms with Crippen LogP contribution in [0.3, 0.4) is 0 Å². The molecule has 0 aliphatic heterocycles. The van der Waals surface area contributed by atoms with Crippen LogP contribution in [0.2, 0.25) is 0 Å². The van der Waals surface area contributed by atoms with Crippen molar-refractivity contribution in [3.05, 3.63) is 71.5 Å². The van der Waals surface area contributed by atoms with E-state index in [1.54, 1.807) is 19.2 Å². The second-order valence-electron chi connectivity index (χ2n) is 5.53. The highest BCUT2D eigenvalue weighted by Crippen LogP contribution is 2.28. The molecule has 0 aromatic heterocycles. The van der Waals surface area contributed by atoms with Gasteiger partial charge in [0.15, 0.2) is 0 Å². The molecule has 4 nitrogen and oxygen atoms in total. The molecular weight excluding hydrogens is 319 g/mol. The minimum atomic E-state index is -0.430. The summed E-state index contributed by atoms with van der Waals surface area (Å²) in [5.74, 6) is 1.16. The normalized spacial score (nSPS) is 11.2. The molecule has 2 aromatic carbocycles. The van der Waals surface area contributed by atoms with Crippen LogP contribution in [0, 0.1) is 18.2 Å². The minimum Gasteiger partial charge on any atom is -0.345 e. The van der Waals surface area contributed by atoms with E-state index in [2.05, 4.69) is 11.2 Å². The molecule has 0 saturated carbocycles. The molecule has 0 aliphatic carbocycles. The van der Waals surface area contributed by atoms with Crippen molar-refractivity contribution in [2.24, 2.45) is 0 Å². The third kappa shape index (κ3) is 4.92. The molecule has 2 amide bonds. The third-order valence-corrected chi connectivity index (χ3v) is 3.78. The van der Waals surface area contributed by atoms with E-state index in [-0.39, 0.29) is 24.7 Å². The average molecular weight is 338 g/mol. The molecule has 0 spiro atoms. The predicted octanol–water partition coefficient (Wildman–Crippen LogP) is 2.51. The first-order valence-electron chi connectivity index (χ1n) is 7.79. The molecule has 128 valence electrons. The van der Waals surface area contributed by atoms with Gasteiger partial charge >= 0.3 is 0 Å². The summed E-state index contributed by atoms with van der Waals surface area (Å²) in [6.07, 6.45) is 4.79. The zero-order valence-corrected chi connectivity index (χ0v) is 13.9. The lowest BCUT2D eigenvalue weighted by atomic mass is 9.97. The Hall–Kier alpha value is -3.13. The molecule has 2 aromatic rings. The topological polar surface area (TPSA) is 49.4 Å². The maximum atomic E-state index is 13.3. The monoisotopic (exact) mass is 338 g/mol. The minimum absolute atomic E-state index is 0.0793. The summed E-state index contributed by atoms with van der Waals surface area (Å²) in [4.78, 5) is 25.7. The Morgan fingerprint density at radius 1 is 1.12 bits per heavy atom. The number of rotatable bonds is 6. The van der Waals surface area contributed by atoms with Crippen molar-refractivity contribution in [1.82, 2.24) is 10.2 Å². The summed E-state index contributed by atoms with van der Waals surface area (Å²) in [7, 11) is 1.62. The van der Waals surface area contributed by atoms with Crippen LogP contribution in [-0.2, 0) is 9.59 Å². The molecule has 25 heavy (non-hydrogen) atoms. The second-order valence-corrected chi connectivity index (χ2v) is 5.53. The van der Waals surface area contributed by atoms with Gasteiger partial charge in [-0.2, -0.15) is 0 Å². The van der Waals surface area contributed by atoms with Gasteiger partial charge in [-0.1, -0.05) is 48.4 Å². The number of carbonyl (C=O) groups is 2. The van der Waals surface area contributed by atoms with Gasteiger partial charge in [-0.05, 0) is 23.3 Å². The lowest BCUT2D eigenvalue weighted by Crippen LogP contribution is -2.36. The SMILES string of the molecule is C#CCNC(=O)CC(=O)N(C)[C@@H](c1ccccc1)c1ccc(F)cc1. The van der Waals surface area contributed by atoms with E-state index in [4.69, 9.17) is 6.42 Å². The van der Waals surface area contributed by atoms with Crippen LogP contribution >= 0.6 is 0 Å². The fraction of sp³-hybridized carbons (Fsp3) is 0.200. The first-order chi connectivity index (χ1) is 12.0. The Balaban J connectivity index is 2.26. The molecular formula is C20H19FN2O2. The van der Waals surface area contributed by atoms with Gasteiger partial charge in [-0.3, -0.25) is 9.59 Å².